The molecule has 0 heterocycles. The fourth-order valence-electron chi connectivity index (χ4n) is 7.78. The summed E-state index contributed by atoms with van der Waals surface area (Å²) >= 11 is 0. The number of benzene rings is 9. The smallest absolute Gasteiger partial charge is 0.0998 e. The van der Waals surface area contributed by atoms with Gasteiger partial charge in [-0.2, -0.15) is 10.5 Å². The summed E-state index contributed by atoms with van der Waals surface area (Å²) in [6.45, 7) is 0. The predicted molar refractivity (Wildman–Crippen MR) is 251 cm³/mol. The Bertz CT molecular complexity index is 2860. The molecule has 0 N–H and O–H groups in total. The van der Waals surface area contributed by atoms with E-state index in [0.29, 0.717) is 11.1 Å². The molecule has 60 heavy (non-hydrogen) atoms. The Hall–Kier alpha value is -8.44. The third kappa shape index (κ3) is 7.65. The molecule has 9 rings (SSSR count). The molecule has 0 radical (unpaired) electrons. The van der Waals surface area contributed by atoms with Crippen molar-refractivity contribution in [1.29, 1.82) is 10.5 Å². The zero-order valence-electron chi connectivity index (χ0n) is 32.7. The lowest BCUT2D eigenvalue weighted by Crippen LogP contribution is -2.10. The molecule has 0 unspecified atom stereocenters. The van der Waals surface area contributed by atoms with Gasteiger partial charge in [0.1, 0.15) is 0 Å². The maximum atomic E-state index is 10.3. The van der Waals surface area contributed by atoms with Gasteiger partial charge in [-0.1, -0.05) is 158 Å². The van der Waals surface area contributed by atoms with Gasteiger partial charge in [-0.05, 0) is 106 Å². The molecule has 0 saturated carbocycles. The van der Waals surface area contributed by atoms with Crippen molar-refractivity contribution in [1.82, 2.24) is 0 Å². The Balaban J connectivity index is 0.964. The minimum atomic E-state index is 0.538. The van der Waals surface area contributed by atoms with Crippen LogP contribution in [-0.4, -0.2) is 0 Å². The summed E-state index contributed by atoms with van der Waals surface area (Å²) in [5.41, 5.74) is 10.8. The highest BCUT2D eigenvalue weighted by Gasteiger charge is 2.17. The van der Waals surface area contributed by atoms with Crippen LogP contribution in [0.1, 0.15) is 22.3 Å². The molecule has 0 bridgehead atoms. The van der Waals surface area contributed by atoms with Crippen LogP contribution in [0.15, 0.2) is 218 Å². The van der Waals surface area contributed by atoms with Crippen LogP contribution in [0.3, 0.4) is 0 Å². The van der Waals surface area contributed by atoms with Crippen molar-refractivity contribution >= 4 is 79.0 Å². The van der Waals surface area contributed by atoms with Crippen LogP contribution < -0.4 is 9.80 Å². The van der Waals surface area contributed by atoms with Crippen molar-refractivity contribution in [2.24, 2.45) is 0 Å². The number of rotatable bonds is 10. The monoisotopic (exact) mass is 766 g/mol. The van der Waals surface area contributed by atoms with Crippen molar-refractivity contribution in [3.63, 3.8) is 0 Å². The van der Waals surface area contributed by atoms with Gasteiger partial charge in [-0.25, -0.2) is 0 Å². The molecule has 0 spiro atoms. The van der Waals surface area contributed by atoms with Crippen molar-refractivity contribution in [3.05, 3.63) is 241 Å². The molecule has 4 heteroatoms. The lowest BCUT2D eigenvalue weighted by atomic mass is 9.98. The molecule has 0 aliphatic heterocycles. The zero-order chi connectivity index (χ0) is 40.7. The number of nitriles is 2. The van der Waals surface area contributed by atoms with Crippen molar-refractivity contribution in [3.8, 4) is 12.1 Å². The molecule has 0 aliphatic rings. The second-order valence-corrected chi connectivity index (χ2v) is 14.4. The highest BCUT2D eigenvalue weighted by molar-refractivity contribution is 6.00. The van der Waals surface area contributed by atoms with E-state index in [-0.39, 0.29) is 0 Å². The topological polar surface area (TPSA) is 54.1 Å². The number of para-hydroxylation sites is 2. The molecule has 9 aromatic carbocycles. The van der Waals surface area contributed by atoms with Gasteiger partial charge in [-0.15, -0.1) is 0 Å². The summed E-state index contributed by atoms with van der Waals surface area (Å²) in [6.07, 6.45) is 3.81. The van der Waals surface area contributed by atoms with Crippen molar-refractivity contribution < 1.29 is 0 Å². The maximum Gasteiger partial charge on any atom is 0.0998 e. The summed E-state index contributed by atoms with van der Waals surface area (Å²) in [7, 11) is 0. The lowest BCUT2D eigenvalue weighted by molar-refractivity contribution is 1.30. The van der Waals surface area contributed by atoms with Crippen molar-refractivity contribution in [2.75, 3.05) is 9.80 Å². The van der Waals surface area contributed by atoms with Crippen LogP contribution in [-0.2, 0) is 0 Å². The van der Waals surface area contributed by atoms with E-state index in [2.05, 4.69) is 180 Å². The number of hydrogen-bond acceptors (Lipinski definition) is 4. The van der Waals surface area contributed by atoms with Gasteiger partial charge < -0.3 is 9.80 Å². The van der Waals surface area contributed by atoms with Gasteiger partial charge in [-0.3, -0.25) is 0 Å². The van der Waals surface area contributed by atoms with E-state index in [9.17, 15) is 10.5 Å². The highest BCUT2D eigenvalue weighted by atomic mass is 15.1. The number of anilines is 6. The van der Waals surface area contributed by atoms with Crippen LogP contribution in [0.2, 0.25) is 0 Å². The second kappa shape index (κ2) is 17.0. The lowest BCUT2D eigenvalue weighted by Gasteiger charge is -2.27. The average Bonchev–Trinajstić information content (AvgIpc) is 3.32. The van der Waals surface area contributed by atoms with E-state index in [0.717, 1.165) is 56.4 Å². The van der Waals surface area contributed by atoms with Crippen LogP contribution >= 0.6 is 0 Å². The molecule has 282 valence electrons. The quantitative estimate of drug-likeness (QED) is 0.103. The Kier molecular flexibility index (Phi) is 10.5. The standard InChI is InChI=1S/C56H38N4/c57-39-47(37-41-25-33-51(34-26-41)59(49-17-3-1-4-18-49)55-23-11-15-45-13-7-9-21-53(45)55)43-29-31-44(32-30-43)48(40-58)38-42-27-35-52(36-28-42)60(50-19-5-2-6-20-50)56-24-12-16-46-14-8-10-22-54(46)56/h1-38H/b47-37-,48-38-. The second-order valence-electron chi connectivity index (χ2n) is 14.4. The number of fused-ring (bicyclic) bond motifs is 2. The molecular weight excluding hydrogens is 729 g/mol. The SMILES string of the molecule is N#C/C(=C/c1ccc(N(c2ccccc2)c2cccc3ccccc23)cc1)c1ccc(/C(C#N)=C\c2ccc(N(c3ccccc3)c3cccc4ccccc34)cc2)cc1. The summed E-state index contributed by atoms with van der Waals surface area (Å²) in [4.78, 5) is 4.53. The number of nitrogens with zero attached hydrogens (tertiary/aromatic N) is 4. The first kappa shape index (κ1) is 37.2. The Morgan fingerprint density at radius 1 is 0.333 bits per heavy atom. The van der Waals surface area contributed by atoms with E-state index in [1.807, 2.05) is 72.8 Å². The average molecular weight is 767 g/mol. The number of allylic oxidation sites excluding steroid dienone is 2. The van der Waals surface area contributed by atoms with Crippen molar-refractivity contribution in [2.45, 2.75) is 0 Å². The third-order valence-electron chi connectivity index (χ3n) is 10.7. The van der Waals surface area contributed by atoms with Crippen LogP contribution in [0.5, 0.6) is 0 Å². The first-order chi connectivity index (χ1) is 29.7. The first-order valence-corrected chi connectivity index (χ1v) is 19.9. The molecule has 0 aliphatic carbocycles. The highest BCUT2D eigenvalue weighted by Crippen LogP contribution is 2.40. The van der Waals surface area contributed by atoms with E-state index < -0.39 is 0 Å². The maximum absolute atomic E-state index is 10.3. The number of hydrogen-bond donors (Lipinski definition) is 0. The fourth-order valence-corrected chi connectivity index (χ4v) is 7.78. The van der Waals surface area contributed by atoms with Gasteiger partial charge in [0.2, 0.25) is 0 Å². The van der Waals surface area contributed by atoms with Gasteiger partial charge in [0, 0.05) is 33.5 Å². The minimum absolute atomic E-state index is 0.538. The Morgan fingerprint density at radius 3 is 1.05 bits per heavy atom. The van der Waals surface area contributed by atoms with Gasteiger partial charge in [0.05, 0.1) is 34.7 Å². The summed E-state index contributed by atoms with van der Waals surface area (Å²) in [6, 6.07) is 79.3. The summed E-state index contributed by atoms with van der Waals surface area (Å²) in [5, 5.41) is 25.2. The summed E-state index contributed by atoms with van der Waals surface area (Å²) < 4.78 is 0. The predicted octanol–water partition coefficient (Wildman–Crippen LogP) is 15.1. The van der Waals surface area contributed by atoms with E-state index >= 15 is 0 Å². The molecule has 0 amide bonds. The third-order valence-corrected chi connectivity index (χ3v) is 10.7. The molecular formula is C56H38N4. The zero-order valence-corrected chi connectivity index (χ0v) is 32.7. The molecule has 9 aromatic rings. The van der Waals surface area contributed by atoms with Crippen LogP contribution in [0, 0.1) is 22.7 Å². The normalized spacial score (nSPS) is 11.5. The molecule has 0 aromatic heterocycles. The van der Waals surface area contributed by atoms with E-state index in [4.69, 9.17) is 0 Å². The van der Waals surface area contributed by atoms with E-state index in [1.54, 1.807) is 0 Å². The van der Waals surface area contributed by atoms with Gasteiger partial charge in [0.15, 0.2) is 0 Å². The first-order valence-electron chi connectivity index (χ1n) is 19.9. The molecule has 0 fully saturated rings. The molecule has 4 nitrogen and oxygen atoms in total. The summed E-state index contributed by atoms with van der Waals surface area (Å²) in [5.74, 6) is 0. The largest absolute Gasteiger partial charge is 0.310 e. The Labute approximate surface area is 350 Å². The minimum Gasteiger partial charge on any atom is -0.310 e. The van der Waals surface area contributed by atoms with Gasteiger partial charge >= 0.3 is 0 Å². The van der Waals surface area contributed by atoms with Gasteiger partial charge in [0.25, 0.3) is 0 Å². The van der Waals surface area contributed by atoms with Crippen LogP contribution in [0.4, 0.5) is 34.1 Å². The molecule has 0 atom stereocenters. The van der Waals surface area contributed by atoms with E-state index in [1.165, 1.54) is 21.5 Å². The fraction of sp³-hybridized carbons (Fsp3) is 0. The Morgan fingerprint density at radius 2 is 0.667 bits per heavy atom. The molecule has 0 saturated heterocycles. The van der Waals surface area contributed by atoms with Crippen LogP contribution in [0.25, 0.3) is 44.8 Å².